The normalized spacial score (nSPS) is 40.3. The Balaban J connectivity index is 1.69. The fourth-order valence-corrected chi connectivity index (χ4v) is 3.09. The number of hydrogen-bond acceptors (Lipinski definition) is 3. The van der Waals surface area contributed by atoms with E-state index in [1.807, 2.05) is 0 Å². The molecule has 1 saturated carbocycles. The molecule has 0 spiro atoms. The maximum Gasteiger partial charge on any atom is 0.0731 e. The maximum atomic E-state index is 5.87. The zero-order valence-electron chi connectivity index (χ0n) is 8.74. The number of nitrogens with one attached hydrogen (secondary N) is 1. The third-order valence-corrected chi connectivity index (χ3v) is 4.00. The molecule has 2 saturated heterocycles. The van der Waals surface area contributed by atoms with E-state index in [4.69, 9.17) is 4.74 Å². The Kier molecular flexibility index (Phi) is 2.48. The average molecular weight is 196 g/mol. The Bertz CT molecular complexity index is 201. The Hall–Kier alpha value is -0.120. The molecule has 2 atom stereocenters. The van der Waals surface area contributed by atoms with Gasteiger partial charge < -0.3 is 10.1 Å². The van der Waals surface area contributed by atoms with Crippen molar-refractivity contribution in [3.63, 3.8) is 0 Å². The maximum absolute atomic E-state index is 5.87. The standard InChI is InChI=1S/C11H20N2O/c1-2-4-11-10(3-1)13(5-6-14-11)9-7-12-8-9/h9-12H,1-8H2. The molecule has 80 valence electrons. The highest BCUT2D eigenvalue weighted by Crippen LogP contribution is 2.30. The third kappa shape index (κ3) is 1.47. The summed E-state index contributed by atoms with van der Waals surface area (Å²) in [5, 5.41) is 3.37. The van der Waals surface area contributed by atoms with Crippen molar-refractivity contribution in [3.8, 4) is 0 Å². The van der Waals surface area contributed by atoms with Gasteiger partial charge in [0.05, 0.1) is 12.7 Å². The first-order chi connectivity index (χ1) is 6.95. The molecule has 0 aromatic carbocycles. The molecule has 2 heterocycles. The van der Waals surface area contributed by atoms with Crippen molar-refractivity contribution >= 4 is 0 Å². The van der Waals surface area contributed by atoms with E-state index >= 15 is 0 Å². The summed E-state index contributed by atoms with van der Waals surface area (Å²) in [6, 6.07) is 1.55. The molecule has 0 bridgehead atoms. The fourth-order valence-electron chi connectivity index (χ4n) is 3.09. The zero-order chi connectivity index (χ0) is 9.38. The number of nitrogens with zero attached hydrogens (tertiary/aromatic N) is 1. The summed E-state index contributed by atoms with van der Waals surface area (Å²) >= 11 is 0. The van der Waals surface area contributed by atoms with Crippen LogP contribution >= 0.6 is 0 Å². The van der Waals surface area contributed by atoms with Crippen LogP contribution in [0.4, 0.5) is 0 Å². The highest BCUT2D eigenvalue weighted by molar-refractivity contribution is 4.94. The van der Waals surface area contributed by atoms with Crippen LogP contribution in [-0.2, 0) is 4.74 Å². The molecule has 14 heavy (non-hydrogen) atoms. The lowest BCUT2D eigenvalue weighted by Crippen LogP contribution is -2.65. The van der Waals surface area contributed by atoms with Crippen molar-refractivity contribution in [2.24, 2.45) is 0 Å². The van der Waals surface area contributed by atoms with E-state index in [-0.39, 0.29) is 0 Å². The van der Waals surface area contributed by atoms with Crippen molar-refractivity contribution in [2.75, 3.05) is 26.2 Å². The van der Waals surface area contributed by atoms with Crippen LogP contribution in [0.5, 0.6) is 0 Å². The molecule has 3 fully saturated rings. The minimum atomic E-state index is 0.554. The largest absolute Gasteiger partial charge is 0.375 e. The van der Waals surface area contributed by atoms with Gasteiger partial charge in [0.25, 0.3) is 0 Å². The van der Waals surface area contributed by atoms with Gasteiger partial charge in [0.2, 0.25) is 0 Å². The number of hydrogen-bond donors (Lipinski definition) is 1. The van der Waals surface area contributed by atoms with Crippen molar-refractivity contribution < 1.29 is 4.74 Å². The number of morpholine rings is 1. The third-order valence-electron chi connectivity index (χ3n) is 4.00. The van der Waals surface area contributed by atoms with Gasteiger partial charge in [-0.2, -0.15) is 0 Å². The van der Waals surface area contributed by atoms with Gasteiger partial charge in [-0.15, -0.1) is 0 Å². The molecular weight excluding hydrogens is 176 g/mol. The molecule has 2 unspecified atom stereocenters. The Labute approximate surface area is 85.8 Å². The number of rotatable bonds is 1. The molecule has 1 aliphatic carbocycles. The van der Waals surface area contributed by atoms with Crippen LogP contribution < -0.4 is 5.32 Å². The molecule has 3 rings (SSSR count). The Morgan fingerprint density at radius 1 is 1.14 bits per heavy atom. The topological polar surface area (TPSA) is 24.5 Å². The first-order valence-corrected chi connectivity index (χ1v) is 6.03. The highest BCUT2D eigenvalue weighted by Gasteiger charge is 2.38. The van der Waals surface area contributed by atoms with Crippen molar-refractivity contribution in [1.82, 2.24) is 10.2 Å². The quantitative estimate of drug-likeness (QED) is 0.665. The van der Waals surface area contributed by atoms with Crippen LogP contribution in [0.1, 0.15) is 25.7 Å². The fraction of sp³-hybridized carbons (Fsp3) is 1.00. The van der Waals surface area contributed by atoms with E-state index in [1.54, 1.807) is 0 Å². The van der Waals surface area contributed by atoms with Crippen LogP contribution in [0.2, 0.25) is 0 Å². The van der Waals surface area contributed by atoms with Gasteiger partial charge in [-0.05, 0) is 12.8 Å². The summed E-state index contributed by atoms with van der Waals surface area (Å²) in [4.78, 5) is 2.71. The SMILES string of the molecule is C1CCC2C(C1)OCCN2C1CNC1. The first-order valence-electron chi connectivity index (χ1n) is 6.03. The molecule has 3 aliphatic rings. The molecule has 2 aliphatic heterocycles. The summed E-state index contributed by atoms with van der Waals surface area (Å²) in [6.07, 6.45) is 5.99. The van der Waals surface area contributed by atoms with Crippen LogP contribution in [0.15, 0.2) is 0 Å². The van der Waals surface area contributed by atoms with Crippen molar-refractivity contribution in [1.29, 1.82) is 0 Å². The van der Waals surface area contributed by atoms with Crippen LogP contribution in [0, 0.1) is 0 Å². The minimum Gasteiger partial charge on any atom is -0.375 e. The average Bonchev–Trinajstić information content (AvgIpc) is 2.16. The van der Waals surface area contributed by atoms with Crippen LogP contribution in [0.3, 0.4) is 0 Å². The first kappa shape index (κ1) is 9.13. The monoisotopic (exact) mass is 196 g/mol. The lowest BCUT2D eigenvalue weighted by Gasteiger charge is -2.50. The minimum absolute atomic E-state index is 0.554. The van der Waals surface area contributed by atoms with E-state index in [1.165, 1.54) is 38.8 Å². The summed E-state index contributed by atoms with van der Waals surface area (Å²) < 4.78 is 5.87. The zero-order valence-corrected chi connectivity index (χ0v) is 8.74. The van der Waals surface area contributed by atoms with Gasteiger partial charge in [-0.3, -0.25) is 4.90 Å². The van der Waals surface area contributed by atoms with Crippen LogP contribution in [-0.4, -0.2) is 49.3 Å². The lowest BCUT2D eigenvalue weighted by molar-refractivity contribution is -0.108. The van der Waals surface area contributed by atoms with E-state index < -0.39 is 0 Å². The van der Waals surface area contributed by atoms with Gasteiger partial charge in [0, 0.05) is 31.7 Å². The molecule has 0 amide bonds. The Morgan fingerprint density at radius 2 is 2.00 bits per heavy atom. The van der Waals surface area contributed by atoms with Gasteiger partial charge in [-0.25, -0.2) is 0 Å². The summed E-state index contributed by atoms with van der Waals surface area (Å²) in [6.45, 7) is 4.51. The highest BCUT2D eigenvalue weighted by atomic mass is 16.5. The molecular formula is C11H20N2O. The lowest BCUT2D eigenvalue weighted by atomic mass is 9.88. The summed E-state index contributed by atoms with van der Waals surface area (Å²) in [7, 11) is 0. The number of ether oxygens (including phenoxy) is 1. The summed E-state index contributed by atoms with van der Waals surface area (Å²) in [5.41, 5.74) is 0. The molecule has 3 heteroatoms. The molecule has 1 N–H and O–H groups in total. The van der Waals surface area contributed by atoms with Gasteiger partial charge in [-0.1, -0.05) is 12.8 Å². The van der Waals surface area contributed by atoms with Gasteiger partial charge in [0.15, 0.2) is 0 Å². The summed E-state index contributed by atoms with van der Waals surface area (Å²) in [5.74, 6) is 0. The van der Waals surface area contributed by atoms with E-state index in [2.05, 4.69) is 10.2 Å². The van der Waals surface area contributed by atoms with Crippen molar-refractivity contribution in [2.45, 2.75) is 43.9 Å². The Morgan fingerprint density at radius 3 is 2.79 bits per heavy atom. The second-order valence-electron chi connectivity index (χ2n) is 4.81. The smallest absolute Gasteiger partial charge is 0.0731 e. The second-order valence-corrected chi connectivity index (χ2v) is 4.81. The van der Waals surface area contributed by atoms with Crippen LogP contribution in [0.25, 0.3) is 0 Å². The predicted octanol–water partition coefficient (Wildman–Crippen LogP) is 0.602. The number of fused-ring (bicyclic) bond motifs is 1. The second kappa shape index (κ2) is 3.80. The molecule has 0 aromatic heterocycles. The molecule has 3 nitrogen and oxygen atoms in total. The van der Waals surface area contributed by atoms with Crippen molar-refractivity contribution in [3.05, 3.63) is 0 Å². The van der Waals surface area contributed by atoms with Gasteiger partial charge >= 0.3 is 0 Å². The molecule has 0 aromatic rings. The predicted molar refractivity (Wildman–Crippen MR) is 55.4 cm³/mol. The molecule has 0 radical (unpaired) electrons. The van der Waals surface area contributed by atoms with E-state index in [0.717, 1.165) is 25.2 Å². The van der Waals surface area contributed by atoms with E-state index in [0.29, 0.717) is 6.10 Å². The van der Waals surface area contributed by atoms with Gasteiger partial charge in [0.1, 0.15) is 0 Å². The van der Waals surface area contributed by atoms with E-state index in [9.17, 15) is 0 Å².